The van der Waals surface area contributed by atoms with E-state index in [9.17, 15) is 4.79 Å². The van der Waals surface area contributed by atoms with Gasteiger partial charge in [-0.25, -0.2) is 0 Å². The standard InChI is InChI=1S/C12H23NO2/c1-8(2)6-15-7-10(4)13-12(14)11-5-9(11)3/h8-11H,5-7H2,1-4H3,(H,13,14)/t9-,10+,11+/m1/s1. The van der Waals surface area contributed by atoms with Crippen molar-refractivity contribution in [2.24, 2.45) is 17.8 Å². The Bertz CT molecular complexity index is 216. The summed E-state index contributed by atoms with van der Waals surface area (Å²) in [6.07, 6.45) is 1.05. The van der Waals surface area contributed by atoms with Gasteiger partial charge in [0.05, 0.1) is 6.61 Å². The van der Waals surface area contributed by atoms with Crippen molar-refractivity contribution in [2.45, 2.75) is 40.2 Å². The lowest BCUT2D eigenvalue weighted by Crippen LogP contribution is -2.37. The van der Waals surface area contributed by atoms with Gasteiger partial charge >= 0.3 is 0 Å². The maximum atomic E-state index is 11.6. The van der Waals surface area contributed by atoms with Crippen molar-refractivity contribution in [1.82, 2.24) is 5.32 Å². The third-order valence-corrected chi connectivity index (χ3v) is 2.65. The normalized spacial score (nSPS) is 26.5. The summed E-state index contributed by atoms with van der Waals surface area (Å²) in [4.78, 5) is 11.6. The maximum absolute atomic E-state index is 11.6. The minimum absolute atomic E-state index is 0.129. The molecule has 0 unspecified atom stereocenters. The molecule has 0 bridgehead atoms. The average Bonchev–Trinajstić information content (AvgIpc) is 2.81. The van der Waals surface area contributed by atoms with Crippen molar-refractivity contribution < 1.29 is 9.53 Å². The van der Waals surface area contributed by atoms with Crippen molar-refractivity contribution in [1.29, 1.82) is 0 Å². The Labute approximate surface area is 92.6 Å². The summed E-state index contributed by atoms with van der Waals surface area (Å²) in [6.45, 7) is 9.73. The van der Waals surface area contributed by atoms with Crippen LogP contribution in [-0.4, -0.2) is 25.2 Å². The lowest BCUT2D eigenvalue weighted by molar-refractivity contribution is -0.123. The summed E-state index contributed by atoms with van der Waals surface area (Å²) in [5, 5.41) is 2.98. The zero-order valence-electron chi connectivity index (χ0n) is 10.2. The Hall–Kier alpha value is -0.570. The van der Waals surface area contributed by atoms with Gasteiger partial charge in [0.1, 0.15) is 0 Å². The highest BCUT2D eigenvalue weighted by molar-refractivity contribution is 5.81. The molecule has 1 amide bonds. The van der Waals surface area contributed by atoms with Crippen LogP contribution in [0.5, 0.6) is 0 Å². The maximum Gasteiger partial charge on any atom is 0.223 e. The SMILES string of the molecule is CC(C)COC[C@H](C)NC(=O)[C@H]1C[C@H]1C. The Morgan fingerprint density at radius 2 is 2.00 bits per heavy atom. The van der Waals surface area contributed by atoms with Gasteiger partial charge in [-0.15, -0.1) is 0 Å². The molecular formula is C12H23NO2. The summed E-state index contributed by atoms with van der Waals surface area (Å²) in [7, 11) is 0. The highest BCUT2D eigenvalue weighted by atomic mass is 16.5. The van der Waals surface area contributed by atoms with Crippen LogP contribution >= 0.6 is 0 Å². The number of carbonyl (C=O) groups excluding carboxylic acids is 1. The molecular weight excluding hydrogens is 190 g/mol. The van der Waals surface area contributed by atoms with Crippen molar-refractivity contribution >= 4 is 5.91 Å². The number of hydrogen-bond donors (Lipinski definition) is 1. The van der Waals surface area contributed by atoms with Gasteiger partial charge in [0.2, 0.25) is 5.91 Å². The molecule has 3 heteroatoms. The van der Waals surface area contributed by atoms with Crippen molar-refractivity contribution in [3.8, 4) is 0 Å². The number of ether oxygens (including phenoxy) is 1. The third kappa shape index (κ3) is 4.65. The molecule has 0 heterocycles. The molecule has 3 nitrogen and oxygen atoms in total. The lowest BCUT2D eigenvalue weighted by Gasteiger charge is -2.15. The topological polar surface area (TPSA) is 38.3 Å². The zero-order chi connectivity index (χ0) is 11.4. The van der Waals surface area contributed by atoms with Crippen LogP contribution in [-0.2, 0) is 9.53 Å². The van der Waals surface area contributed by atoms with Gasteiger partial charge in [0.25, 0.3) is 0 Å². The van der Waals surface area contributed by atoms with E-state index >= 15 is 0 Å². The van der Waals surface area contributed by atoms with E-state index in [2.05, 4.69) is 26.1 Å². The van der Waals surface area contributed by atoms with Crippen LogP contribution in [0.15, 0.2) is 0 Å². The van der Waals surface area contributed by atoms with Crippen LogP contribution in [0.2, 0.25) is 0 Å². The van der Waals surface area contributed by atoms with Gasteiger partial charge in [-0.1, -0.05) is 20.8 Å². The number of carbonyl (C=O) groups is 1. The molecule has 0 aliphatic heterocycles. The molecule has 0 aromatic carbocycles. The number of rotatable bonds is 6. The quantitative estimate of drug-likeness (QED) is 0.731. The predicted octanol–water partition coefficient (Wildman–Crippen LogP) is 1.82. The van der Waals surface area contributed by atoms with Crippen LogP contribution in [0.4, 0.5) is 0 Å². The van der Waals surface area contributed by atoms with E-state index in [1.54, 1.807) is 0 Å². The van der Waals surface area contributed by atoms with E-state index in [1.165, 1.54) is 0 Å². The van der Waals surface area contributed by atoms with E-state index in [-0.39, 0.29) is 17.9 Å². The van der Waals surface area contributed by atoms with Crippen LogP contribution in [0.3, 0.4) is 0 Å². The predicted molar refractivity (Wildman–Crippen MR) is 60.5 cm³/mol. The fourth-order valence-electron chi connectivity index (χ4n) is 1.56. The van der Waals surface area contributed by atoms with Crippen LogP contribution in [0.25, 0.3) is 0 Å². The van der Waals surface area contributed by atoms with Gasteiger partial charge in [0, 0.05) is 18.6 Å². The Morgan fingerprint density at radius 3 is 2.47 bits per heavy atom. The zero-order valence-corrected chi connectivity index (χ0v) is 10.2. The molecule has 1 fully saturated rings. The Kier molecular flexibility index (Phi) is 4.58. The molecule has 1 aliphatic carbocycles. The van der Waals surface area contributed by atoms with E-state index in [0.717, 1.165) is 13.0 Å². The smallest absolute Gasteiger partial charge is 0.223 e. The molecule has 0 saturated heterocycles. The second-order valence-electron chi connectivity index (χ2n) is 5.16. The summed E-state index contributed by atoms with van der Waals surface area (Å²) in [5.41, 5.74) is 0. The molecule has 0 radical (unpaired) electrons. The fourth-order valence-corrected chi connectivity index (χ4v) is 1.56. The molecule has 0 spiro atoms. The van der Waals surface area contributed by atoms with Crippen molar-refractivity contribution in [3.63, 3.8) is 0 Å². The molecule has 3 atom stereocenters. The average molecular weight is 213 g/mol. The Balaban J connectivity index is 2.07. The third-order valence-electron chi connectivity index (χ3n) is 2.65. The first-order valence-electron chi connectivity index (χ1n) is 5.88. The highest BCUT2D eigenvalue weighted by Crippen LogP contribution is 2.37. The van der Waals surface area contributed by atoms with E-state index in [4.69, 9.17) is 4.74 Å². The number of nitrogens with one attached hydrogen (secondary N) is 1. The van der Waals surface area contributed by atoms with Gasteiger partial charge in [-0.2, -0.15) is 0 Å². The van der Waals surface area contributed by atoms with Gasteiger partial charge in [0.15, 0.2) is 0 Å². The molecule has 88 valence electrons. The number of hydrogen-bond acceptors (Lipinski definition) is 2. The van der Waals surface area contributed by atoms with Crippen LogP contribution < -0.4 is 5.32 Å². The Morgan fingerprint density at radius 1 is 1.40 bits per heavy atom. The first-order valence-corrected chi connectivity index (χ1v) is 5.88. The molecule has 15 heavy (non-hydrogen) atoms. The molecule has 0 aromatic heterocycles. The van der Waals surface area contributed by atoms with Crippen LogP contribution in [0.1, 0.15) is 34.1 Å². The van der Waals surface area contributed by atoms with Gasteiger partial charge in [-0.3, -0.25) is 4.79 Å². The summed E-state index contributed by atoms with van der Waals surface area (Å²) < 4.78 is 5.47. The van der Waals surface area contributed by atoms with E-state index in [0.29, 0.717) is 18.4 Å². The van der Waals surface area contributed by atoms with Crippen LogP contribution in [0, 0.1) is 17.8 Å². The second kappa shape index (κ2) is 5.50. The molecule has 1 N–H and O–H groups in total. The van der Waals surface area contributed by atoms with Crippen molar-refractivity contribution in [2.75, 3.05) is 13.2 Å². The summed E-state index contributed by atoms with van der Waals surface area (Å²) in [5.74, 6) is 1.59. The van der Waals surface area contributed by atoms with Crippen molar-refractivity contribution in [3.05, 3.63) is 0 Å². The molecule has 0 aromatic rings. The monoisotopic (exact) mass is 213 g/mol. The summed E-state index contributed by atoms with van der Waals surface area (Å²) in [6, 6.07) is 0.129. The first kappa shape index (κ1) is 12.5. The number of amides is 1. The van der Waals surface area contributed by atoms with E-state index in [1.807, 2.05) is 6.92 Å². The highest BCUT2D eigenvalue weighted by Gasteiger charge is 2.39. The largest absolute Gasteiger partial charge is 0.379 e. The first-order chi connectivity index (χ1) is 7.00. The van der Waals surface area contributed by atoms with Gasteiger partial charge < -0.3 is 10.1 Å². The van der Waals surface area contributed by atoms with E-state index < -0.39 is 0 Å². The molecule has 1 saturated carbocycles. The second-order valence-corrected chi connectivity index (χ2v) is 5.16. The lowest BCUT2D eigenvalue weighted by atomic mass is 10.2. The molecule has 1 rings (SSSR count). The van der Waals surface area contributed by atoms with Gasteiger partial charge in [-0.05, 0) is 25.2 Å². The fraction of sp³-hybridized carbons (Fsp3) is 0.917. The summed E-state index contributed by atoms with van der Waals surface area (Å²) >= 11 is 0. The minimum atomic E-state index is 0.129. The molecule has 1 aliphatic rings. The minimum Gasteiger partial charge on any atom is -0.379 e.